The van der Waals surface area contributed by atoms with Crippen LogP contribution in [0.25, 0.3) is 0 Å². The first kappa shape index (κ1) is 14.1. The maximum absolute atomic E-state index is 6.15. The minimum Gasteiger partial charge on any atom is -0.327 e. The van der Waals surface area contributed by atoms with E-state index in [9.17, 15) is 0 Å². The molecule has 0 aliphatic heterocycles. The van der Waals surface area contributed by atoms with E-state index in [2.05, 4.69) is 66.2 Å². The molecule has 1 aromatic heterocycles. The van der Waals surface area contributed by atoms with Gasteiger partial charge in [0.1, 0.15) is 0 Å². The fourth-order valence-electron chi connectivity index (χ4n) is 1.73. The van der Waals surface area contributed by atoms with Crippen LogP contribution in [0.15, 0.2) is 45.1 Å². The number of thiophene rings is 1. The van der Waals surface area contributed by atoms with Crippen LogP contribution < -0.4 is 5.73 Å². The summed E-state index contributed by atoms with van der Waals surface area (Å²) in [6.07, 6.45) is 0. The lowest BCUT2D eigenvalue weighted by atomic mass is 10.2. The average molecular weight is 342 g/mol. The number of rotatable bonds is 4. The maximum atomic E-state index is 6.15. The Hall–Kier alpha value is -0.290. The first-order valence-corrected chi connectivity index (χ1v) is 8.30. The molecule has 0 bridgehead atoms. The summed E-state index contributed by atoms with van der Waals surface area (Å²) in [6, 6.07) is 12.8. The van der Waals surface area contributed by atoms with Crippen molar-refractivity contribution in [2.75, 3.05) is 0 Å². The lowest BCUT2D eigenvalue weighted by Gasteiger charge is -2.20. The van der Waals surface area contributed by atoms with E-state index in [1.54, 1.807) is 11.3 Å². The molecule has 2 atom stereocenters. The molecule has 1 nitrogen and oxygen atoms in total. The molecule has 0 amide bonds. The normalized spacial score (nSPS) is 14.4. The number of aryl methyl sites for hydroxylation is 1. The third-order valence-corrected chi connectivity index (χ3v) is 6.20. The Labute approximate surface area is 125 Å². The molecule has 0 spiro atoms. The molecule has 2 unspecified atom stereocenters. The van der Waals surface area contributed by atoms with Crippen LogP contribution in [-0.4, -0.2) is 6.04 Å². The van der Waals surface area contributed by atoms with Gasteiger partial charge >= 0.3 is 0 Å². The van der Waals surface area contributed by atoms with Crippen molar-refractivity contribution in [1.82, 2.24) is 0 Å². The number of halogens is 1. The lowest BCUT2D eigenvalue weighted by Crippen LogP contribution is -2.21. The molecule has 0 fully saturated rings. The smallest absolute Gasteiger partial charge is 0.0701 e. The van der Waals surface area contributed by atoms with Crippen molar-refractivity contribution in [3.8, 4) is 0 Å². The Morgan fingerprint density at radius 3 is 2.50 bits per heavy atom. The van der Waals surface area contributed by atoms with Crippen molar-refractivity contribution in [2.24, 2.45) is 5.73 Å². The van der Waals surface area contributed by atoms with Crippen molar-refractivity contribution in [3.63, 3.8) is 0 Å². The van der Waals surface area contributed by atoms with Crippen LogP contribution in [-0.2, 0) is 0 Å². The fourth-order valence-corrected chi connectivity index (χ4v) is 4.63. The minimum atomic E-state index is 0.125. The highest BCUT2D eigenvalue weighted by Crippen LogP contribution is 2.42. The number of benzene rings is 1. The quantitative estimate of drug-likeness (QED) is 0.792. The van der Waals surface area contributed by atoms with Gasteiger partial charge in [0, 0.05) is 15.8 Å². The topological polar surface area (TPSA) is 26.0 Å². The van der Waals surface area contributed by atoms with E-state index < -0.39 is 0 Å². The van der Waals surface area contributed by atoms with Gasteiger partial charge in [-0.1, -0.05) is 18.2 Å². The highest BCUT2D eigenvalue weighted by Gasteiger charge is 2.20. The largest absolute Gasteiger partial charge is 0.327 e. The van der Waals surface area contributed by atoms with Gasteiger partial charge in [-0.15, -0.1) is 23.1 Å². The zero-order valence-electron chi connectivity index (χ0n) is 10.4. The predicted octanol–water partition coefficient (Wildman–Crippen LogP) is 5.00. The molecule has 1 heterocycles. The molecule has 18 heavy (non-hydrogen) atoms. The van der Waals surface area contributed by atoms with Gasteiger partial charge in [0.2, 0.25) is 0 Å². The van der Waals surface area contributed by atoms with E-state index in [1.807, 2.05) is 11.8 Å². The lowest BCUT2D eigenvalue weighted by molar-refractivity contribution is 0.730. The minimum absolute atomic E-state index is 0.125. The Morgan fingerprint density at radius 2 is 1.94 bits per heavy atom. The molecule has 0 radical (unpaired) electrons. The molecule has 1 aromatic carbocycles. The van der Waals surface area contributed by atoms with E-state index in [4.69, 9.17) is 5.73 Å². The summed E-state index contributed by atoms with van der Waals surface area (Å²) in [5.74, 6) is 0. The van der Waals surface area contributed by atoms with Gasteiger partial charge in [-0.05, 0) is 53.5 Å². The number of nitrogens with two attached hydrogens (primary N) is 1. The third kappa shape index (κ3) is 3.38. The van der Waals surface area contributed by atoms with Crippen LogP contribution in [0.4, 0.5) is 0 Å². The second-order valence-corrected chi connectivity index (χ2v) is 7.98. The van der Waals surface area contributed by atoms with E-state index in [0.717, 1.165) is 3.79 Å². The molecular weight excluding hydrogens is 326 g/mol. The summed E-state index contributed by atoms with van der Waals surface area (Å²) in [5.41, 5.74) is 7.46. The van der Waals surface area contributed by atoms with Crippen LogP contribution >= 0.6 is 39.0 Å². The van der Waals surface area contributed by atoms with Crippen LogP contribution in [0.5, 0.6) is 0 Å². The summed E-state index contributed by atoms with van der Waals surface area (Å²) >= 11 is 7.14. The van der Waals surface area contributed by atoms with E-state index in [-0.39, 0.29) is 6.04 Å². The molecule has 2 rings (SSSR count). The predicted molar refractivity (Wildman–Crippen MR) is 85.4 cm³/mol. The van der Waals surface area contributed by atoms with Crippen molar-refractivity contribution in [3.05, 3.63) is 50.6 Å². The van der Waals surface area contributed by atoms with Crippen LogP contribution in [0.2, 0.25) is 0 Å². The van der Waals surface area contributed by atoms with Gasteiger partial charge in [-0.25, -0.2) is 0 Å². The summed E-state index contributed by atoms with van der Waals surface area (Å²) in [4.78, 5) is 2.63. The van der Waals surface area contributed by atoms with Gasteiger partial charge in [-0.2, -0.15) is 0 Å². The summed E-state index contributed by atoms with van der Waals surface area (Å²) in [5, 5.41) is 0.308. The van der Waals surface area contributed by atoms with Crippen LogP contribution in [0, 0.1) is 6.92 Å². The molecule has 0 saturated carbocycles. The van der Waals surface area contributed by atoms with E-state index in [1.165, 1.54) is 15.3 Å². The third-order valence-electron chi connectivity index (χ3n) is 2.70. The molecule has 4 heteroatoms. The second-order valence-electron chi connectivity index (χ2n) is 4.30. The second kappa shape index (κ2) is 6.24. The van der Waals surface area contributed by atoms with Gasteiger partial charge in [0.05, 0.1) is 9.04 Å². The van der Waals surface area contributed by atoms with Gasteiger partial charge in [0.25, 0.3) is 0 Å². The van der Waals surface area contributed by atoms with E-state index in [0.29, 0.717) is 5.25 Å². The van der Waals surface area contributed by atoms with Crippen molar-refractivity contribution in [1.29, 1.82) is 0 Å². The molecule has 0 aliphatic rings. The van der Waals surface area contributed by atoms with E-state index >= 15 is 0 Å². The first-order chi connectivity index (χ1) is 8.58. The highest BCUT2D eigenvalue weighted by molar-refractivity contribution is 9.11. The van der Waals surface area contributed by atoms with Crippen molar-refractivity contribution >= 4 is 39.0 Å². The molecule has 0 saturated heterocycles. The molecule has 96 valence electrons. The number of hydrogen-bond acceptors (Lipinski definition) is 3. The van der Waals surface area contributed by atoms with Crippen LogP contribution in [0.1, 0.15) is 22.6 Å². The summed E-state index contributed by atoms with van der Waals surface area (Å²) < 4.78 is 1.16. The summed E-state index contributed by atoms with van der Waals surface area (Å²) in [6.45, 7) is 4.22. The molecule has 0 aliphatic carbocycles. The Balaban J connectivity index is 2.25. The Bertz CT molecular complexity index is 522. The van der Waals surface area contributed by atoms with Gasteiger partial charge < -0.3 is 5.73 Å². The average Bonchev–Trinajstić information content (AvgIpc) is 2.74. The van der Waals surface area contributed by atoms with Crippen LogP contribution in [0.3, 0.4) is 0 Å². The summed E-state index contributed by atoms with van der Waals surface area (Å²) in [7, 11) is 0. The highest BCUT2D eigenvalue weighted by atomic mass is 79.9. The first-order valence-electron chi connectivity index (χ1n) is 5.81. The van der Waals surface area contributed by atoms with Crippen molar-refractivity contribution < 1.29 is 0 Å². The number of thioether (sulfide) groups is 1. The number of hydrogen-bond donors (Lipinski definition) is 1. The zero-order chi connectivity index (χ0) is 13.1. The SMILES string of the molecule is Cc1ccccc1SC(c1ccc(Br)s1)C(C)N. The molecule has 2 N–H and O–H groups in total. The zero-order valence-corrected chi connectivity index (χ0v) is 13.6. The molecular formula is C14H16BrNS2. The Kier molecular flexibility index (Phi) is 4.90. The van der Waals surface area contributed by atoms with Gasteiger partial charge in [-0.3, -0.25) is 0 Å². The monoisotopic (exact) mass is 341 g/mol. The molecule has 2 aromatic rings. The van der Waals surface area contributed by atoms with Gasteiger partial charge in [0.15, 0.2) is 0 Å². The Morgan fingerprint density at radius 1 is 1.22 bits per heavy atom. The fraction of sp³-hybridized carbons (Fsp3) is 0.286. The van der Waals surface area contributed by atoms with Crippen molar-refractivity contribution in [2.45, 2.75) is 30.0 Å². The maximum Gasteiger partial charge on any atom is 0.0701 e. The standard InChI is InChI=1S/C14H16BrNS2/c1-9-5-3-4-6-11(9)18-14(10(2)16)12-7-8-13(15)17-12/h3-8,10,14H,16H2,1-2H3.